The van der Waals surface area contributed by atoms with Crippen molar-refractivity contribution in [2.45, 2.75) is 181 Å². The number of ether oxygens (including phenoxy) is 1. The van der Waals surface area contributed by atoms with Crippen molar-refractivity contribution < 1.29 is 14.6 Å². The average molecular weight is 606 g/mol. The molecular weight excluding hydrogens is 534 g/mol. The monoisotopic (exact) mass is 606 g/mol. The smallest absolute Gasteiger partial charge is 0.308 e. The summed E-state index contributed by atoms with van der Waals surface area (Å²) in [6.45, 7) is 12.2. The van der Waals surface area contributed by atoms with Crippen molar-refractivity contribution in [1.29, 1.82) is 0 Å². The van der Waals surface area contributed by atoms with E-state index in [-0.39, 0.29) is 18.0 Å². The van der Waals surface area contributed by atoms with Gasteiger partial charge in [0.15, 0.2) is 0 Å². The molecule has 6 nitrogen and oxygen atoms in total. The second-order valence-corrected chi connectivity index (χ2v) is 13.1. The van der Waals surface area contributed by atoms with E-state index in [9.17, 15) is 9.90 Å². The van der Waals surface area contributed by atoms with E-state index in [1.807, 2.05) is 18.7 Å². The number of hydrogen-bond donors (Lipinski definition) is 1. The Morgan fingerprint density at radius 2 is 1.33 bits per heavy atom. The molecule has 0 radical (unpaired) electrons. The van der Waals surface area contributed by atoms with Gasteiger partial charge in [-0.3, -0.25) is 4.79 Å². The summed E-state index contributed by atoms with van der Waals surface area (Å²) in [5.41, 5.74) is 0. The number of aliphatic hydroxyl groups excluding tert-OH is 1. The zero-order valence-corrected chi connectivity index (χ0v) is 29.0. The Kier molecular flexibility index (Phi) is 25.9. The summed E-state index contributed by atoms with van der Waals surface area (Å²) in [5, 5.41) is 10.9. The van der Waals surface area contributed by atoms with Gasteiger partial charge >= 0.3 is 5.97 Å². The number of carbonyl (C=O) groups is 1. The second-order valence-electron chi connectivity index (χ2n) is 13.1. The highest BCUT2D eigenvalue weighted by atomic mass is 16.5. The number of unbranched alkanes of at least 4 members (excludes halogenated alkanes) is 14. The normalized spacial score (nSPS) is 13.2. The van der Waals surface area contributed by atoms with Gasteiger partial charge < -0.3 is 19.3 Å². The molecule has 2 atom stereocenters. The summed E-state index contributed by atoms with van der Waals surface area (Å²) in [4.78, 5) is 19.3. The van der Waals surface area contributed by atoms with Gasteiger partial charge in [-0.25, -0.2) is 4.98 Å². The molecule has 0 aromatic carbocycles. The number of esters is 1. The topological polar surface area (TPSA) is 67.6 Å². The van der Waals surface area contributed by atoms with Gasteiger partial charge in [-0.1, -0.05) is 124 Å². The number of hydrogen-bond acceptors (Lipinski definition) is 5. The Balaban J connectivity index is 2.32. The van der Waals surface area contributed by atoms with Crippen LogP contribution in [0.25, 0.3) is 0 Å². The molecule has 0 amide bonds. The highest BCUT2D eigenvalue weighted by Crippen LogP contribution is 2.19. The van der Waals surface area contributed by atoms with Crippen LogP contribution in [0.3, 0.4) is 0 Å². The summed E-state index contributed by atoms with van der Waals surface area (Å²) in [6.07, 6.45) is 31.5. The van der Waals surface area contributed by atoms with Crippen LogP contribution < -0.4 is 0 Å². The van der Waals surface area contributed by atoms with Gasteiger partial charge in [-0.15, -0.1) is 0 Å². The second kappa shape index (κ2) is 28.1. The molecule has 0 fully saturated rings. The molecule has 252 valence electrons. The molecule has 1 N–H and O–H groups in total. The summed E-state index contributed by atoms with van der Waals surface area (Å²) < 4.78 is 7.85. The fraction of sp³-hybridized carbons (Fsp3) is 0.892. The van der Waals surface area contributed by atoms with Crippen LogP contribution >= 0.6 is 0 Å². The molecule has 0 saturated heterocycles. The summed E-state index contributed by atoms with van der Waals surface area (Å²) in [6, 6.07) is 0.400. The van der Waals surface area contributed by atoms with Crippen LogP contribution in [0.15, 0.2) is 18.7 Å². The number of imidazole rings is 1. The molecule has 0 bridgehead atoms. The Bertz CT molecular complexity index is 719. The predicted octanol–water partition coefficient (Wildman–Crippen LogP) is 9.91. The van der Waals surface area contributed by atoms with Gasteiger partial charge in [0.1, 0.15) is 0 Å². The third-order valence-electron chi connectivity index (χ3n) is 9.02. The van der Waals surface area contributed by atoms with Crippen molar-refractivity contribution >= 4 is 5.97 Å². The fourth-order valence-corrected chi connectivity index (χ4v) is 5.96. The summed E-state index contributed by atoms with van der Waals surface area (Å²) in [5.74, 6) is 0.112. The Hall–Kier alpha value is -1.40. The molecule has 1 heterocycles. The SMILES string of the molecule is CCCCCCCCCCCCC(O)CN(CCCCCCOC(=O)C(CCCC)CCCC)CCC(C)n1ccnc1. The van der Waals surface area contributed by atoms with Crippen LogP contribution in [0.1, 0.15) is 175 Å². The van der Waals surface area contributed by atoms with E-state index in [0.717, 1.165) is 103 Å². The summed E-state index contributed by atoms with van der Waals surface area (Å²) in [7, 11) is 0. The van der Waals surface area contributed by atoms with Crippen molar-refractivity contribution in [3.05, 3.63) is 18.7 Å². The van der Waals surface area contributed by atoms with E-state index < -0.39 is 0 Å². The largest absolute Gasteiger partial charge is 0.465 e. The van der Waals surface area contributed by atoms with Gasteiger partial charge in [0.25, 0.3) is 0 Å². The molecular formula is C37H71N3O3. The lowest BCUT2D eigenvalue weighted by molar-refractivity contribution is -0.149. The van der Waals surface area contributed by atoms with Gasteiger partial charge in [-0.2, -0.15) is 0 Å². The van der Waals surface area contributed by atoms with Crippen molar-refractivity contribution in [1.82, 2.24) is 14.5 Å². The van der Waals surface area contributed by atoms with E-state index >= 15 is 0 Å². The molecule has 1 aromatic heterocycles. The lowest BCUT2D eigenvalue weighted by Crippen LogP contribution is -2.35. The van der Waals surface area contributed by atoms with E-state index in [0.29, 0.717) is 12.6 Å². The number of aliphatic hydroxyl groups is 1. The average Bonchev–Trinajstić information content (AvgIpc) is 3.55. The zero-order valence-electron chi connectivity index (χ0n) is 29.0. The minimum atomic E-state index is -0.245. The predicted molar refractivity (Wildman–Crippen MR) is 182 cm³/mol. The summed E-state index contributed by atoms with van der Waals surface area (Å²) >= 11 is 0. The Morgan fingerprint density at radius 1 is 0.744 bits per heavy atom. The maximum atomic E-state index is 12.6. The lowest BCUT2D eigenvalue weighted by Gasteiger charge is -2.27. The highest BCUT2D eigenvalue weighted by molar-refractivity contribution is 5.72. The van der Waals surface area contributed by atoms with Crippen molar-refractivity contribution in [3.63, 3.8) is 0 Å². The first kappa shape index (κ1) is 39.6. The van der Waals surface area contributed by atoms with Crippen molar-refractivity contribution in [2.24, 2.45) is 5.92 Å². The van der Waals surface area contributed by atoms with E-state index in [1.165, 1.54) is 57.8 Å². The van der Waals surface area contributed by atoms with Crippen molar-refractivity contribution in [2.75, 3.05) is 26.2 Å². The van der Waals surface area contributed by atoms with Gasteiger partial charge in [-0.05, 0) is 52.0 Å². The minimum Gasteiger partial charge on any atom is -0.465 e. The molecule has 0 aliphatic carbocycles. The number of carbonyl (C=O) groups excluding carboxylic acids is 1. The van der Waals surface area contributed by atoms with Gasteiger partial charge in [0.2, 0.25) is 0 Å². The van der Waals surface area contributed by atoms with Crippen LogP contribution in [-0.4, -0.2) is 57.9 Å². The molecule has 0 saturated carbocycles. The highest BCUT2D eigenvalue weighted by Gasteiger charge is 2.19. The molecule has 0 spiro atoms. The van der Waals surface area contributed by atoms with Crippen molar-refractivity contribution in [3.8, 4) is 0 Å². The quantitative estimate of drug-likeness (QED) is 0.0674. The molecule has 2 unspecified atom stereocenters. The number of aromatic nitrogens is 2. The van der Waals surface area contributed by atoms with E-state index in [1.54, 1.807) is 0 Å². The van der Waals surface area contributed by atoms with Crippen LogP contribution in [0.5, 0.6) is 0 Å². The Labute approximate surface area is 266 Å². The van der Waals surface area contributed by atoms with Crippen LogP contribution in [0, 0.1) is 5.92 Å². The third kappa shape index (κ3) is 21.9. The molecule has 6 heteroatoms. The number of nitrogens with zero attached hydrogens (tertiary/aromatic N) is 3. The first-order valence-electron chi connectivity index (χ1n) is 18.6. The third-order valence-corrected chi connectivity index (χ3v) is 9.02. The molecule has 0 aliphatic rings. The van der Waals surface area contributed by atoms with E-state index in [4.69, 9.17) is 4.74 Å². The maximum absolute atomic E-state index is 12.6. The molecule has 43 heavy (non-hydrogen) atoms. The lowest BCUT2D eigenvalue weighted by atomic mass is 9.96. The van der Waals surface area contributed by atoms with E-state index in [2.05, 4.69) is 42.1 Å². The molecule has 1 aromatic rings. The Morgan fingerprint density at radius 3 is 1.93 bits per heavy atom. The van der Waals surface area contributed by atoms with Crippen LogP contribution in [-0.2, 0) is 9.53 Å². The van der Waals surface area contributed by atoms with Gasteiger partial charge in [0, 0.05) is 31.5 Å². The first-order valence-corrected chi connectivity index (χ1v) is 18.6. The molecule has 1 rings (SSSR count). The standard InChI is InChI=1S/C37H71N3O3/c1-5-8-11-12-13-14-15-16-17-20-25-36(41)32-39(29-26-34(4)40-30-27-38-33-40)28-21-18-19-22-31-43-37(42)35(23-9-6-2)24-10-7-3/h27,30,33-36,41H,5-26,28-29,31-32H2,1-4H3. The number of rotatable bonds is 31. The first-order chi connectivity index (χ1) is 21.0. The fourth-order valence-electron chi connectivity index (χ4n) is 5.96. The zero-order chi connectivity index (χ0) is 31.4. The van der Waals surface area contributed by atoms with Gasteiger partial charge in [0.05, 0.1) is 25.0 Å². The molecule has 0 aliphatic heterocycles. The minimum absolute atomic E-state index is 0.0245. The van der Waals surface area contributed by atoms with Crippen LogP contribution in [0.4, 0.5) is 0 Å². The van der Waals surface area contributed by atoms with Crippen LogP contribution in [0.2, 0.25) is 0 Å². The maximum Gasteiger partial charge on any atom is 0.308 e.